The van der Waals surface area contributed by atoms with Crippen molar-refractivity contribution in [2.24, 2.45) is 20.0 Å². The van der Waals surface area contributed by atoms with Crippen molar-refractivity contribution in [1.82, 2.24) is 11.0 Å². The number of nitrogens with one attached hydrogen (secondary N) is 2. The molecule has 0 aliphatic heterocycles. The molecule has 0 atom stereocenters. The van der Waals surface area contributed by atoms with Gasteiger partial charge in [0, 0.05) is 34.3 Å². The highest BCUT2D eigenvalue weighted by molar-refractivity contribution is 6.48. The molecule has 0 aliphatic carbocycles. The van der Waals surface area contributed by atoms with Gasteiger partial charge >= 0.3 is 0 Å². The minimum absolute atomic E-state index is 0.185. The molecule has 0 bridgehead atoms. The largest absolute Gasteiger partial charge is 0.290 e. The van der Waals surface area contributed by atoms with Crippen LogP contribution < -0.4 is 11.0 Å². The van der Waals surface area contributed by atoms with Crippen LogP contribution in [0.15, 0.2) is 178 Å². The molecule has 6 aromatic carbocycles. The van der Waals surface area contributed by atoms with E-state index >= 15 is 0 Å². The van der Waals surface area contributed by atoms with Crippen molar-refractivity contribution in [3.63, 3.8) is 0 Å². The molecule has 0 heterocycles. The molecule has 0 amide bonds. The van der Waals surface area contributed by atoms with Crippen LogP contribution in [0.25, 0.3) is 22.3 Å². The van der Waals surface area contributed by atoms with Gasteiger partial charge in [-0.1, -0.05) is 132 Å². The van der Waals surface area contributed by atoms with E-state index in [1.54, 1.807) is 48.5 Å². The van der Waals surface area contributed by atoms with Gasteiger partial charge in [0.2, 0.25) is 0 Å². The monoisotopic (exact) mass is 738 g/mol. The maximum Gasteiger partial charge on any atom is 0.176 e. The number of amidine groups is 2. The van der Waals surface area contributed by atoms with E-state index in [1.165, 1.54) is 0 Å². The maximum absolute atomic E-state index is 10.3. The van der Waals surface area contributed by atoms with E-state index in [0.717, 1.165) is 33.4 Å². The molecule has 0 radical (unpaired) electrons. The average molecular weight is 740 g/mol. The smallest absolute Gasteiger partial charge is 0.176 e. The molecule has 264 valence electrons. The fourth-order valence-corrected chi connectivity index (χ4v) is 5.76. The molecule has 6 aromatic rings. The predicted octanol–water partition coefficient (Wildman–Crippen LogP) is 10.4. The normalized spacial score (nSPS) is 12.5. The third-order valence-corrected chi connectivity index (χ3v) is 8.69. The van der Waals surface area contributed by atoms with Crippen molar-refractivity contribution in [1.29, 1.82) is 0 Å². The Morgan fingerprint density at radius 2 is 0.774 bits per heavy atom. The van der Waals surface area contributed by atoms with Crippen LogP contribution in [-0.4, -0.2) is 46.6 Å². The maximum atomic E-state index is 10.3. The molecule has 0 saturated heterocycles. The Kier molecular flexibility index (Phi) is 12.9. The van der Waals surface area contributed by atoms with Crippen molar-refractivity contribution in [3.8, 4) is 22.3 Å². The van der Waals surface area contributed by atoms with Crippen LogP contribution in [0.2, 0.25) is 10.0 Å². The molecular formula is C43H36Cl2N6O2. The Morgan fingerprint density at radius 3 is 1.11 bits per heavy atom. The summed E-state index contributed by atoms with van der Waals surface area (Å²) >= 11 is 12.2. The molecule has 0 aliphatic rings. The Morgan fingerprint density at radius 1 is 0.434 bits per heavy atom. The van der Waals surface area contributed by atoms with Gasteiger partial charge in [-0.3, -0.25) is 31.4 Å². The molecular weight excluding hydrogens is 703 g/mol. The molecule has 10 heteroatoms. The summed E-state index contributed by atoms with van der Waals surface area (Å²) in [6.45, 7) is 0.716. The summed E-state index contributed by atoms with van der Waals surface area (Å²) in [6, 6.07) is 50.0. The van der Waals surface area contributed by atoms with Gasteiger partial charge in [-0.15, -0.1) is 0 Å². The van der Waals surface area contributed by atoms with Gasteiger partial charge in [-0.2, -0.15) is 0 Å². The van der Waals surface area contributed by atoms with E-state index in [0.29, 0.717) is 52.4 Å². The number of nitrogens with zero attached hydrogens (tertiary/aromatic N) is 4. The van der Waals surface area contributed by atoms with Crippen molar-refractivity contribution >= 4 is 57.7 Å². The van der Waals surface area contributed by atoms with Crippen molar-refractivity contribution in [2.45, 2.75) is 6.42 Å². The molecule has 0 unspecified atom stereocenters. The first-order valence-corrected chi connectivity index (χ1v) is 17.7. The number of hydrogen-bond acceptors (Lipinski definition) is 6. The molecule has 8 nitrogen and oxygen atoms in total. The predicted molar refractivity (Wildman–Crippen MR) is 218 cm³/mol. The summed E-state index contributed by atoms with van der Waals surface area (Å²) in [4.78, 5) is 19.1. The van der Waals surface area contributed by atoms with Crippen molar-refractivity contribution in [3.05, 3.63) is 179 Å². The molecule has 0 fully saturated rings. The lowest BCUT2D eigenvalue weighted by Gasteiger charge is -2.12. The summed E-state index contributed by atoms with van der Waals surface area (Å²) in [7, 11) is 0. The number of hydrogen-bond donors (Lipinski definition) is 4. The summed E-state index contributed by atoms with van der Waals surface area (Å²) in [6.07, 6.45) is 0.538. The SMILES string of the molecule is ONC(=Nc1ccc(Cl)cc1)C(=NCCCN=C(C(=Nc1ccc(Cl)cc1)NO)c1ccc(-c2ccccc2)cc1)c1ccc(-c2ccccc2)cc1. The quantitative estimate of drug-likeness (QED) is 0.0433. The molecule has 53 heavy (non-hydrogen) atoms. The van der Waals surface area contributed by atoms with Gasteiger partial charge in [0.25, 0.3) is 0 Å². The van der Waals surface area contributed by atoms with Gasteiger partial charge in [-0.25, -0.2) is 9.98 Å². The van der Waals surface area contributed by atoms with Gasteiger partial charge < -0.3 is 0 Å². The van der Waals surface area contributed by atoms with E-state index in [-0.39, 0.29) is 11.7 Å². The Labute approximate surface area is 318 Å². The third kappa shape index (κ3) is 10.1. The first-order valence-electron chi connectivity index (χ1n) is 16.9. The fraction of sp³-hybridized carbons (Fsp3) is 0.0698. The van der Waals surface area contributed by atoms with Crippen LogP contribution in [0.1, 0.15) is 17.5 Å². The second-order valence-corrected chi connectivity index (χ2v) is 12.7. The fourth-order valence-electron chi connectivity index (χ4n) is 5.51. The van der Waals surface area contributed by atoms with Gasteiger partial charge in [-0.05, 0) is 77.2 Å². The highest BCUT2D eigenvalue weighted by atomic mass is 35.5. The van der Waals surface area contributed by atoms with Gasteiger partial charge in [0.1, 0.15) is 11.4 Å². The van der Waals surface area contributed by atoms with E-state index in [4.69, 9.17) is 33.2 Å². The van der Waals surface area contributed by atoms with Crippen LogP contribution in [-0.2, 0) is 0 Å². The van der Waals surface area contributed by atoms with Crippen LogP contribution >= 0.6 is 23.2 Å². The first kappa shape index (κ1) is 36.9. The topological polar surface area (TPSA) is 114 Å². The van der Waals surface area contributed by atoms with E-state index in [9.17, 15) is 10.4 Å². The number of aliphatic imine (C=N–C) groups is 4. The van der Waals surface area contributed by atoms with Gasteiger partial charge in [0.15, 0.2) is 11.7 Å². The van der Waals surface area contributed by atoms with E-state index in [2.05, 4.69) is 45.2 Å². The van der Waals surface area contributed by atoms with Crippen LogP contribution in [0.3, 0.4) is 0 Å². The lowest BCUT2D eigenvalue weighted by atomic mass is 10.0. The highest BCUT2D eigenvalue weighted by Gasteiger charge is 2.15. The summed E-state index contributed by atoms with van der Waals surface area (Å²) in [5.41, 5.74) is 12.5. The number of benzene rings is 6. The third-order valence-electron chi connectivity index (χ3n) is 8.18. The van der Waals surface area contributed by atoms with Crippen molar-refractivity contribution in [2.75, 3.05) is 13.1 Å². The minimum atomic E-state index is 0.185. The van der Waals surface area contributed by atoms with Gasteiger partial charge in [0.05, 0.1) is 11.4 Å². The Hall–Kier alpha value is -5.90. The van der Waals surface area contributed by atoms with E-state index in [1.807, 2.05) is 84.9 Å². The summed E-state index contributed by atoms with van der Waals surface area (Å²) < 4.78 is 0. The second-order valence-electron chi connectivity index (χ2n) is 11.8. The highest BCUT2D eigenvalue weighted by Crippen LogP contribution is 2.23. The van der Waals surface area contributed by atoms with Crippen LogP contribution in [0.5, 0.6) is 0 Å². The van der Waals surface area contributed by atoms with Crippen molar-refractivity contribution < 1.29 is 10.4 Å². The summed E-state index contributed by atoms with van der Waals surface area (Å²) in [5, 5.41) is 21.7. The Balaban J connectivity index is 1.29. The lowest BCUT2D eigenvalue weighted by molar-refractivity contribution is 0.236. The standard InChI is InChI=1S/C43H36Cl2N6O2/c44-36-20-24-38(25-21-36)48-42(50-52)40(34-16-12-32(13-17-34)30-8-3-1-4-9-30)46-28-7-29-47-41(43(51-53)49-39-26-22-37(45)23-27-39)35-18-14-33(15-19-35)31-10-5-2-6-11-31/h1-6,8-27,52-53H,7,28-29H2,(H,48,50)(H,49,51). The number of rotatable bonds is 12. The zero-order chi connectivity index (χ0) is 36.8. The second kappa shape index (κ2) is 18.5. The van der Waals surface area contributed by atoms with Crippen LogP contribution in [0, 0.1) is 0 Å². The zero-order valence-corrected chi connectivity index (χ0v) is 30.1. The Bertz CT molecular complexity index is 2040. The zero-order valence-electron chi connectivity index (χ0n) is 28.6. The molecule has 0 saturated carbocycles. The number of halogens is 2. The molecule has 0 spiro atoms. The van der Waals surface area contributed by atoms with Crippen LogP contribution in [0.4, 0.5) is 11.4 Å². The molecule has 4 N–H and O–H groups in total. The molecule has 6 rings (SSSR count). The average Bonchev–Trinajstić information content (AvgIpc) is 3.21. The first-order chi connectivity index (χ1) is 26.0. The molecule has 0 aromatic heterocycles. The summed E-state index contributed by atoms with van der Waals surface area (Å²) in [5.74, 6) is 0.369. The number of hydroxylamine groups is 2. The van der Waals surface area contributed by atoms with E-state index < -0.39 is 0 Å². The minimum Gasteiger partial charge on any atom is -0.290 e. The lowest BCUT2D eigenvalue weighted by Crippen LogP contribution is -2.30.